The van der Waals surface area contributed by atoms with E-state index in [0.29, 0.717) is 22.8 Å². The Morgan fingerprint density at radius 1 is 1.45 bits per heavy atom. The number of nitrogens with one attached hydrogen (secondary N) is 1. The van der Waals surface area contributed by atoms with Crippen molar-refractivity contribution < 1.29 is 4.79 Å². The highest BCUT2D eigenvalue weighted by Gasteiger charge is 2.16. The Labute approximate surface area is 125 Å². The molecule has 0 radical (unpaired) electrons. The van der Waals surface area contributed by atoms with Crippen LogP contribution in [-0.4, -0.2) is 30.4 Å². The second-order valence-electron chi connectivity index (χ2n) is 5.55. The lowest BCUT2D eigenvalue weighted by Gasteiger charge is -2.29. The molecule has 2 rings (SSSR count). The van der Waals surface area contributed by atoms with Crippen molar-refractivity contribution in [3.8, 4) is 0 Å². The lowest BCUT2D eigenvalue weighted by Crippen LogP contribution is -2.35. The maximum absolute atomic E-state index is 11.9. The maximum atomic E-state index is 11.9. The van der Waals surface area contributed by atoms with Crippen LogP contribution in [0, 0.1) is 5.92 Å². The fourth-order valence-corrected chi connectivity index (χ4v) is 2.59. The van der Waals surface area contributed by atoms with Gasteiger partial charge in [-0.1, -0.05) is 18.5 Å². The third kappa shape index (κ3) is 4.39. The van der Waals surface area contributed by atoms with E-state index in [2.05, 4.69) is 17.1 Å². The molecular weight excluding hydrogens is 274 g/mol. The van der Waals surface area contributed by atoms with Crippen LogP contribution >= 0.6 is 11.6 Å². The van der Waals surface area contributed by atoms with Crippen LogP contribution in [0.25, 0.3) is 0 Å². The average molecular weight is 296 g/mol. The SMILES string of the molecule is CC1CCN(CCC(=O)Nc2ccc(Cl)cc2N)CC1. The smallest absolute Gasteiger partial charge is 0.225 e. The molecule has 5 heteroatoms. The molecule has 1 aliphatic heterocycles. The van der Waals surface area contributed by atoms with E-state index in [1.807, 2.05) is 0 Å². The first-order valence-electron chi connectivity index (χ1n) is 7.12. The van der Waals surface area contributed by atoms with E-state index < -0.39 is 0 Å². The summed E-state index contributed by atoms with van der Waals surface area (Å²) in [7, 11) is 0. The standard InChI is InChI=1S/C15H22ClN3O/c1-11-4-7-19(8-5-11)9-6-15(20)18-14-3-2-12(16)10-13(14)17/h2-3,10-11H,4-9,17H2,1H3,(H,18,20). The zero-order valence-electron chi connectivity index (χ0n) is 11.9. The van der Waals surface area contributed by atoms with Gasteiger partial charge in [0.2, 0.25) is 5.91 Å². The minimum Gasteiger partial charge on any atom is -0.397 e. The first-order valence-corrected chi connectivity index (χ1v) is 7.49. The molecule has 1 aliphatic rings. The van der Waals surface area contributed by atoms with Gasteiger partial charge in [0.15, 0.2) is 0 Å². The molecule has 1 fully saturated rings. The van der Waals surface area contributed by atoms with Crippen molar-refractivity contribution in [3.05, 3.63) is 23.2 Å². The van der Waals surface area contributed by atoms with E-state index >= 15 is 0 Å². The van der Waals surface area contributed by atoms with E-state index in [1.54, 1.807) is 18.2 Å². The second kappa shape index (κ2) is 6.95. The molecular formula is C15H22ClN3O. The molecule has 1 amide bonds. The van der Waals surface area contributed by atoms with Gasteiger partial charge in [0.1, 0.15) is 0 Å². The molecule has 0 aliphatic carbocycles. The summed E-state index contributed by atoms with van der Waals surface area (Å²) in [6.45, 7) is 5.29. The number of anilines is 2. The van der Waals surface area contributed by atoms with Crippen molar-refractivity contribution in [1.82, 2.24) is 4.90 Å². The van der Waals surface area contributed by atoms with Crippen molar-refractivity contribution in [2.75, 3.05) is 30.7 Å². The maximum Gasteiger partial charge on any atom is 0.225 e. The van der Waals surface area contributed by atoms with Gasteiger partial charge in [0, 0.05) is 18.0 Å². The third-order valence-corrected chi connectivity index (χ3v) is 4.05. The van der Waals surface area contributed by atoms with Crippen LogP contribution in [0.4, 0.5) is 11.4 Å². The zero-order valence-corrected chi connectivity index (χ0v) is 12.6. The number of nitrogen functional groups attached to an aromatic ring is 1. The van der Waals surface area contributed by atoms with E-state index in [1.165, 1.54) is 12.8 Å². The number of amides is 1. The minimum atomic E-state index is -0.00218. The molecule has 1 heterocycles. The number of hydrogen-bond donors (Lipinski definition) is 2. The lowest BCUT2D eigenvalue weighted by molar-refractivity contribution is -0.116. The summed E-state index contributed by atoms with van der Waals surface area (Å²) >= 11 is 5.83. The number of nitrogens with zero attached hydrogens (tertiary/aromatic N) is 1. The number of likely N-dealkylation sites (tertiary alicyclic amines) is 1. The number of carbonyl (C=O) groups excluding carboxylic acids is 1. The van der Waals surface area contributed by atoms with Crippen molar-refractivity contribution in [1.29, 1.82) is 0 Å². The van der Waals surface area contributed by atoms with E-state index in [-0.39, 0.29) is 5.91 Å². The number of halogens is 1. The Balaban J connectivity index is 1.78. The van der Waals surface area contributed by atoms with Gasteiger partial charge in [0.25, 0.3) is 0 Å². The van der Waals surface area contributed by atoms with Gasteiger partial charge in [-0.25, -0.2) is 0 Å². The Kier molecular flexibility index (Phi) is 5.26. The van der Waals surface area contributed by atoms with Gasteiger partial charge in [-0.15, -0.1) is 0 Å². The molecule has 20 heavy (non-hydrogen) atoms. The number of carbonyl (C=O) groups is 1. The molecule has 0 atom stereocenters. The molecule has 0 bridgehead atoms. The molecule has 110 valence electrons. The van der Waals surface area contributed by atoms with E-state index in [0.717, 1.165) is 25.6 Å². The molecule has 1 aromatic rings. The van der Waals surface area contributed by atoms with Crippen LogP contribution in [0.15, 0.2) is 18.2 Å². The average Bonchev–Trinajstić information content (AvgIpc) is 2.41. The summed E-state index contributed by atoms with van der Waals surface area (Å²) in [6.07, 6.45) is 2.95. The Morgan fingerprint density at radius 2 is 2.15 bits per heavy atom. The van der Waals surface area contributed by atoms with Crippen LogP contribution in [0.1, 0.15) is 26.2 Å². The lowest BCUT2D eigenvalue weighted by atomic mass is 9.99. The number of rotatable bonds is 4. The van der Waals surface area contributed by atoms with Crippen molar-refractivity contribution >= 4 is 28.9 Å². The molecule has 0 aromatic heterocycles. The van der Waals surface area contributed by atoms with E-state index in [9.17, 15) is 4.79 Å². The Hall–Kier alpha value is -1.26. The number of hydrogen-bond acceptors (Lipinski definition) is 3. The quantitative estimate of drug-likeness (QED) is 0.840. The molecule has 4 nitrogen and oxygen atoms in total. The highest BCUT2D eigenvalue weighted by molar-refractivity contribution is 6.31. The van der Waals surface area contributed by atoms with Crippen molar-refractivity contribution in [2.45, 2.75) is 26.2 Å². The van der Waals surface area contributed by atoms with Crippen molar-refractivity contribution in [3.63, 3.8) is 0 Å². The summed E-state index contributed by atoms with van der Waals surface area (Å²) in [5, 5.41) is 3.41. The topological polar surface area (TPSA) is 58.4 Å². The number of piperidine rings is 1. The summed E-state index contributed by atoms with van der Waals surface area (Å²) in [5.41, 5.74) is 6.94. The van der Waals surface area contributed by atoms with Gasteiger partial charge in [-0.2, -0.15) is 0 Å². The van der Waals surface area contributed by atoms with Crippen LogP contribution in [-0.2, 0) is 4.79 Å². The van der Waals surface area contributed by atoms with Gasteiger partial charge in [0.05, 0.1) is 11.4 Å². The molecule has 0 spiro atoms. The summed E-state index contributed by atoms with van der Waals surface area (Å²) in [6, 6.07) is 5.10. The monoisotopic (exact) mass is 295 g/mol. The third-order valence-electron chi connectivity index (χ3n) is 3.82. The first-order chi connectivity index (χ1) is 9.54. The Morgan fingerprint density at radius 3 is 2.80 bits per heavy atom. The second-order valence-corrected chi connectivity index (χ2v) is 5.99. The summed E-state index contributed by atoms with van der Waals surface area (Å²) < 4.78 is 0. The largest absolute Gasteiger partial charge is 0.397 e. The molecule has 1 saturated heterocycles. The van der Waals surface area contributed by atoms with Crippen LogP contribution in [0.2, 0.25) is 5.02 Å². The summed E-state index contributed by atoms with van der Waals surface area (Å²) in [4.78, 5) is 14.3. The fraction of sp³-hybridized carbons (Fsp3) is 0.533. The van der Waals surface area contributed by atoms with Crippen LogP contribution < -0.4 is 11.1 Å². The van der Waals surface area contributed by atoms with Crippen LogP contribution in [0.5, 0.6) is 0 Å². The van der Waals surface area contributed by atoms with Gasteiger partial charge >= 0.3 is 0 Å². The van der Waals surface area contributed by atoms with Gasteiger partial charge < -0.3 is 16.0 Å². The first kappa shape index (κ1) is 15.1. The van der Waals surface area contributed by atoms with Crippen molar-refractivity contribution in [2.24, 2.45) is 5.92 Å². The molecule has 1 aromatic carbocycles. The number of benzene rings is 1. The minimum absolute atomic E-state index is 0.00218. The summed E-state index contributed by atoms with van der Waals surface area (Å²) in [5.74, 6) is 0.812. The predicted octanol–water partition coefficient (Wildman–Crippen LogP) is 2.98. The zero-order chi connectivity index (χ0) is 14.5. The van der Waals surface area contributed by atoms with Gasteiger partial charge in [-0.05, 0) is 50.0 Å². The fourth-order valence-electron chi connectivity index (χ4n) is 2.41. The molecule has 0 unspecified atom stereocenters. The Bertz CT molecular complexity index is 470. The van der Waals surface area contributed by atoms with Gasteiger partial charge in [-0.3, -0.25) is 4.79 Å². The van der Waals surface area contributed by atoms with Crippen LogP contribution in [0.3, 0.4) is 0 Å². The highest BCUT2D eigenvalue weighted by Crippen LogP contribution is 2.23. The number of nitrogens with two attached hydrogens (primary N) is 1. The molecule has 3 N–H and O–H groups in total. The highest BCUT2D eigenvalue weighted by atomic mass is 35.5. The molecule has 0 saturated carbocycles. The van der Waals surface area contributed by atoms with E-state index in [4.69, 9.17) is 17.3 Å². The predicted molar refractivity (Wildman–Crippen MR) is 83.9 cm³/mol. The normalized spacial score (nSPS) is 17.1.